The Balaban J connectivity index is 1.46. The lowest BCUT2D eigenvalue weighted by Gasteiger charge is -2.07. The van der Waals surface area contributed by atoms with Crippen LogP contribution in [0.5, 0.6) is 0 Å². The topological polar surface area (TPSA) is 60.6 Å². The van der Waals surface area contributed by atoms with E-state index in [1.54, 1.807) is 6.20 Å². The first-order valence-electron chi connectivity index (χ1n) is 9.82. The smallest absolute Gasteiger partial charge is 0.0983 e. The number of aromatic nitrogens is 5. The lowest BCUT2D eigenvalue weighted by Crippen LogP contribution is -2.14. The molecule has 148 valence electrons. The quantitative estimate of drug-likeness (QED) is 0.527. The van der Waals surface area contributed by atoms with Crippen LogP contribution in [0.25, 0.3) is 11.3 Å². The van der Waals surface area contributed by atoms with E-state index in [1.807, 2.05) is 36.1 Å². The van der Waals surface area contributed by atoms with E-state index >= 15 is 0 Å². The lowest BCUT2D eigenvalue weighted by molar-refractivity contribution is 0.653. The summed E-state index contributed by atoms with van der Waals surface area (Å²) >= 11 is 0. The van der Waals surface area contributed by atoms with E-state index in [1.165, 1.54) is 16.8 Å². The van der Waals surface area contributed by atoms with Gasteiger partial charge in [0.25, 0.3) is 0 Å². The van der Waals surface area contributed by atoms with Crippen LogP contribution < -0.4 is 5.32 Å². The van der Waals surface area contributed by atoms with Crippen molar-refractivity contribution in [3.8, 4) is 11.3 Å². The van der Waals surface area contributed by atoms with E-state index in [4.69, 9.17) is 5.10 Å². The minimum absolute atomic E-state index is 0.737. The minimum atomic E-state index is 0.737. The second-order valence-corrected chi connectivity index (χ2v) is 7.31. The average molecular weight is 387 g/mol. The van der Waals surface area contributed by atoms with Crippen LogP contribution in [0.3, 0.4) is 0 Å². The van der Waals surface area contributed by atoms with Crippen LogP contribution in [0.1, 0.15) is 28.1 Å². The second kappa shape index (κ2) is 8.41. The number of aryl methyl sites for hydroxylation is 2. The summed E-state index contributed by atoms with van der Waals surface area (Å²) in [7, 11) is 1.95. The Morgan fingerprint density at radius 2 is 1.79 bits per heavy atom. The van der Waals surface area contributed by atoms with Crippen molar-refractivity contribution in [3.05, 3.63) is 89.1 Å². The van der Waals surface area contributed by atoms with Gasteiger partial charge in [0.15, 0.2) is 0 Å². The van der Waals surface area contributed by atoms with E-state index < -0.39 is 0 Å². The van der Waals surface area contributed by atoms with E-state index in [2.05, 4.69) is 64.4 Å². The third kappa shape index (κ3) is 4.27. The second-order valence-electron chi connectivity index (χ2n) is 7.31. The predicted molar refractivity (Wildman–Crippen MR) is 114 cm³/mol. The number of benzene rings is 1. The molecule has 4 aromatic rings. The van der Waals surface area contributed by atoms with Crippen LogP contribution in [0.4, 0.5) is 0 Å². The van der Waals surface area contributed by atoms with Gasteiger partial charge in [0.05, 0.1) is 17.9 Å². The maximum absolute atomic E-state index is 4.75. The number of nitrogens with zero attached hydrogens (tertiary/aromatic N) is 5. The Labute approximate surface area is 171 Å². The largest absolute Gasteiger partial charge is 0.308 e. The van der Waals surface area contributed by atoms with Crippen molar-refractivity contribution in [2.75, 3.05) is 0 Å². The summed E-state index contributed by atoms with van der Waals surface area (Å²) in [6, 6.07) is 14.4. The molecule has 0 radical (unpaired) electrons. The summed E-state index contributed by atoms with van der Waals surface area (Å²) in [4.78, 5) is 4.22. The first kappa shape index (κ1) is 19.1. The van der Waals surface area contributed by atoms with Gasteiger partial charge in [-0.15, -0.1) is 0 Å². The molecule has 0 aliphatic rings. The maximum Gasteiger partial charge on any atom is 0.0983 e. The molecule has 0 atom stereocenters. The number of hydrogen-bond donors (Lipinski definition) is 1. The molecular weight excluding hydrogens is 360 g/mol. The molecule has 0 aliphatic heterocycles. The Morgan fingerprint density at radius 3 is 2.55 bits per heavy atom. The number of nitrogens with one attached hydrogen (secondary N) is 1. The fraction of sp³-hybridized carbons (Fsp3) is 0.261. The van der Waals surface area contributed by atoms with Gasteiger partial charge in [-0.05, 0) is 31.5 Å². The fourth-order valence-corrected chi connectivity index (χ4v) is 3.64. The molecule has 6 nitrogen and oxygen atoms in total. The van der Waals surface area contributed by atoms with Gasteiger partial charge >= 0.3 is 0 Å². The van der Waals surface area contributed by atoms with Crippen LogP contribution >= 0.6 is 0 Å². The molecule has 0 spiro atoms. The summed E-state index contributed by atoms with van der Waals surface area (Å²) in [6.07, 6.45) is 5.70. The third-order valence-electron chi connectivity index (χ3n) is 5.16. The first-order chi connectivity index (χ1) is 14.1. The standard InChI is InChI=1S/C23H26N6/c1-17-22(18(2)29(26-17)15-19-8-5-4-6-9-19)14-25-13-21-16-28(3)27-23(21)20-10-7-11-24-12-20/h4-12,16,25H,13-15H2,1-3H3. The van der Waals surface area contributed by atoms with Gasteiger partial charge in [0.1, 0.15) is 0 Å². The van der Waals surface area contributed by atoms with Gasteiger partial charge in [-0.3, -0.25) is 14.3 Å². The van der Waals surface area contributed by atoms with Crippen molar-refractivity contribution >= 4 is 0 Å². The molecule has 0 saturated heterocycles. The van der Waals surface area contributed by atoms with Crippen LogP contribution in [-0.4, -0.2) is 24.5 Å². The molecule has 0 saturated carbocycles. The lowest BCUT2D eigenvalue weighted by atomic mass is 10.1. The molecule has 0 fully saturated rings. The molecule has 1 aromatic carbocycles. The van der Waals surface area contributed by atoms with E-state index in [9.17, 15) is 0 Å². The summed E-state index contributed by atoms with van der Waals surface area (Å²) in [6.45, 7) is 6.53. The highest BCUT2D eigenvalue weighted by Crippen LogP contribution is 2.21. The summed E-state index contributed by atoms with van der Waals surface area (Å²) in [5.41, 5.74) is 7.96. The zero-order valence-corrected chi connectivity index (χ0v) is 17.1. The number of rotatable bonds is 7. The van der Waals surface area contributed by atoms with Crippen LogP contribution in [0.2, 0.25) is 0 Å². The maximum atomic E-state index is 4.75. The van der Waals surface area contributed by atoms with Gasteiger partial charge in [0.2, 0.25) is 0 Å². The highest BCUT2D eigenvalue weighted by Gasteiger charge is 2.13. The highest BCUT2D eigenvalue weighted by atomic mass is 15.3. The summed E-state index contributed by atoms with van der Waals surface area (Å²) in [5, 5.41) is 12.9. The molecule has 0 bridgehead atoms. The van der Waals surface area contributed by atoms with Crippen LogP contribution in [0.15, 0.2) is 61.1 Å². The van der Waals surface area contributed by atoms with Crippen molar-refractivity contribution in [1.29, 1.82) is 0 Å². The normalized spacial score (nSPS) is 11.1. The Bertz CT molecular complexity index is 1080. The van der Waals surface area contributed by atoms with Gasteiger partial charge in [-0.2, -0.15) is 10.2 Å². The molecule has 0 aliphatic carbocycles. The van der Waals surface area contributed by atoms with Gasteiger partial charge < -0.3 is 5.32 Å². The molecule has 3 aromatic heterocycles. The van der Waals surface area contributed by atoms with Crippen molar-refractivity contribution in [2.45, 2.75) is 33.5 Å². The van der Waals surface area contributed by atoms with Gasteiger partial charge in [-0.1, -0.05) is 30.3 Å². The van der Waals surface area contributed by atoms with Gasteiger partial charge in [-0.25, -0.2) is 0 Å². The Morgan fingerprint density at radius 1 is 0.966 bits per heavy atom. The van der Waals surface area contributed by atoms with E-state index in [-0.39, 0.29) is 0 Å². The van der Waals surface area contributed by atoms with Crippen molar-refractivity contribution in [3.63, 3.8) is 0 Å². The molecule has 3 heterocycles. The van der Waals surface area contributed by atoms with Crippen molar-refractivity contribution < 1.29 is 0 Å². The summed E-state index contributed by atoms with van der Waals surface area (Å²) in [5.74, 6) is 0. The van der Waals surface area contributed by atoms with Crippen molar-refractivity contribution in [2.24, 2.45) is 7.05 Å². The van der Waals surface area contributed by atoms with E-state index in [0.29, 0.717) is 0 Å². The van der Waals surface area contributed by atoms with Crippen LogP contribution in [0, 0.1) is 13.8 Å². The first-order valence-corrected chi connectivity index (χ1v) is 9.82. The average Bonchev–Trinajstić information content (AvgIpc) is 3.23. The molecular formula is C23H26N6. The monoisotopic (exact) mass is 386 g/mol. The zero-order chi connectivity index (χ0) is 20.2. The molecule has 29 heavy (non-hydrogen) atoms. The fourth-order valence-electron chi connectivity index (χ4n) is 3.64. The predicted octanol–water partition coefficient (Wildman–Crippen LogP) is 3.63. The third-order valence-corrected chi connectivity index (χ3v) is 5.16. The SMILES string of the molecule is Cc1nn(Cc2ccccc2)c(C)c1CNCc1cn(C)nc1-c1cccnc1. The summed E-state index contributed by atoms with van der Waals surface area (Å²) < 4.78 is 3.94. The van der Waals surface area contributed by atoms with Crippen molar-refractivity contribution in [1.82, 2.24) is 29.9 Å². The molecule has 6 heteroatoms. The zero-order valence-electron chi connectivity index (χ0n) is 17.1. The highest BCUT2D eigenvalue weighted by molar-refractivity contribution is 5.61. The van der Waals surface area contributed by atoms with Gasteiger partial charge in [0, 0.05) is 61.1 Å². The molecule has 4 rings (SSSR count). The minimum Gasteiger partial charge on any atom is -0.308 e. The number of hydrogen-bond acceptors (Lipinski definition) is 4. The molecule has 0 unspecified atom stereocenters. The molecule has 0 amide bonds. The van der Waals surface area contributed by atoms with E-state index in [0.717, 1.165) is 42.1 Å². The Kier molecular flexibility index (Phi) is 5.53. The number of pyridine rings is 1. The molecule has 1 N–H and O–H groups in total. The van der Waals surface area contributed by atoms with Crippen LogP contribution in [-0.2, 0) is 26.7 Å². The Hall–Kier alpha value is -3.25.